The third-order valence-corrected chi connectivity index (χ3v) is 5.70. The van der Waals surface area contributed by atoms with Crippen molar-refractivity contribution in [2.45, 2.75) is 25.3 Å². The minimum atomic E-state index is -0.0881. The molecular weight excluding hydrogens is 350 g/mol. The standard InChI is InChI=1S/C19H27N3O3S/c23-18(7-4-9-25-16-5-2-1-3-6-16)21-13-15-11-17(20-12-15)19(24)22-8-10-26-14-22/h1-3,5-6,15,17,20H,4,7-14H2,(H,21,23). The maximum absolute atomic E-state index is 12.4. The van der Waals surface area contributed by atoms with Crippen LogP contribution in [0.3, 0.4) is 0 Å². The normalized spacial score (nSPS) is 22.4. The number of hydrogen-bond donors (Lipinski definition) is 2. The lowest BCUT2D eigenvalue weighted by Gasteiger charge is -2.19. The Labute approximate surface area is 159 Å². The highest BCUT2D eigenvalue weighted by atomic mass is 32.2. The molecule has 7 heteroatoms. The van der Waals surface area contributed by atoms with Crippen LogP contribution in [0.1, 0.15) is 19.3 Å². The second-order valence-corrected chi connectivity index (χ2v) is 7.85. The fourth-order valence-corrected chi connectivity index (χ4v) is 4.20. The molecule has 2 aliphatic heterocycles. The van der Waals surface area contributed by atoms with E-state index in [4.69, 9.17) is 4.74 Å². The Balaban J connectivity index is 1.27. The zero-order chi connectivity index (χ0) is 18.2. The van der Waals surface area contributed by atoms with E-state index in [1.807, 2.05) is 35.2 Å². The van der Waals surface area contributed by atoms with E-state index in [-0.39, 0.29) is 17.9 Å². The summed E-state index contributed by atoms with van der Waals surface area (Å²) in [4.78, 5) is 26.3. The lowest BCUT2D eigenvalue weighted by Crippen LogP contribution is -2.42. The highest BCUT2D eigenvalue weighted by molar-refractivity contribution is 7.99. The van der Waals surface area contributed by atoms with Crippen LogP contribution < -0.4 is 15.4 Å². The molecule has 26 heavy (non-hydrogen) atoms. The summed E-state index contributed by atoms with van der Waals surface area (Å²) < 4.78 is 5.59. The van der Waals surface area contributed by atoms with Crippen molar-refractivity contribution in [1.29, 1.82) is 0 Å². The van der Waals surface area contributed by atoms with E-state index in [9.17, 15) is 9.59 Å². The largest absolute Gasteiger partial charge is 0.494 e. The van der Waals surface area contributed by atoms with Gasteiger partial charge >= 0.3 is 0 Å². The van der Waals surface area contributed by atoms with Gasteiger partial charge in [0.15, 0.2) is 0 Å². The number of para-hydroxylation sites is 1. The van der Waals surface area contributed by atoms with Gasteiger partial charge in [-0.25, -0.2) is 0 Å². The first kappa shape index (κ1) is 19.0. The van der Waals surface area contributed by atoms with Crippen LogP contribution in [0, 0.1) is 5.92 Å². The minimum Gasteiger partial charge on any atom is -0.494 e. The maximum atomic E-state index is 12.4. The van der Waals surface area contributed by atoms with Gasteiger partial charge in [0.1, 0.15) is 5.75 Å². The number of hydrogen-bond acceptors (Lipinski definition) is 5. The molecule has 2 aliphatic rings. The molecule has 0 aromatic heterocycles. The van der Waals surface area contributed by atoms with Crippen LogP contribution in [0.15, 0.2) is 30.3 Å². The summed E-state index contributed by atoms with van der Waals surface area (Å²) in [7, 11) is 0. The van der Waals surface area contributed by atoms with Crippen molar-refractivity contribution in [3.05, 3.63) is 30.3 Å². The molecule has 2 atom stereocenters. The number of nitrogens with one attached hydrogen (secondary N) is 2. The molecule has 0 aliphatic carbocycles. The third kappa shape index (κ3) is 5.64. The molecule has 0 radical (unpaired) electrons. The topological polar surface area (TPSA) is 70.7 Å². The Hall–Kier alpha value is -1.73. The minimum absolute atomic E-state index is 0.0485. The van der Waals surface area contributed by atoms with E-state index in [0.29, 0.717) is 31.9 Å². The van der Waals surface area contributed by atoms with Gasteiger partial charge in [-0.15, -0.1) is 11.8 Å². The summed E-state index contributed by atoms with van der Waals surface area (Å²) in [6.45, 7) is 2.81. The monoisotopic (exact) mass is 377 g/mol. The highest BCUT2D eigenvalue weighted by Gasteiger charge is 2.33. The molecule has 2 unspecified atom stereocenters. The average Bonchev–Trinajstić information content (AvgIpc) is 3.36. The fourth-order valence-electron chi connectivity index (χ4n) is 3.25. The predicted octanol–water partition coefficient (Wildman–Crippen LogP) is 1.47. The molecule has 0 bridgehead atoms. The van der Waals surface area contributed by atoms with E-state index in [0.717, 1.165) is 36.9 Å². The SMILES string of the molecule is O=C(CCCOc1ccccc1)NCC1CNC(C(=O)N2CCSC2)C1. The summed E-state index contributed by atoms with van der Waals surface area (Å²) in [5.74, 6) is 3.25. The van der Waals surface area contributed by atoms with Crippen LogP contribution in [0.4, 0.5) is 0 Å². The number of carbonyl (C=O) groups excluding carboxylic acids is 2. The molecule has 1 aromatic carbocycles. The van der Waals surface area contributed by atoms with Gasteiger partial charge in [0.05, 0.1) is 18.5 Å². The number of carbonyl (C=O) groups is 2. The van der Waals surface area contributed by atoms with Crippen LogP contribution in [0.2, 0.25) is 0 Å². The van der Waals surface area contributed by atoms with Crippen LogP contribution in [0.5, 0.6) is 5.75 Å². The van der Waals surface area contributed by atoms with E-state index < -0.39 is 0 Å². The van der Waals surface area contributed by atoms with Gasteiger partial charge in [-0.3, -0.25) is 9.59 Å². The van der Waals surface area contributed by atoms with Crippen molar-refractivity contribution in [1.82, 2.24) is 15.5 Å². The van der Waals surface area contributed by atoms with Crippen LogP contribution >= 0.6 is 11.8 Å². The Morgan fingerprint density at radius 3 is 2.92 bits per heavy atom. The summed E-state index contributed by atoms with van der Waals surface area (Å²) in [6.07, 6.45) is 1.95. The third-order valence-electron chi connectivity index (χ3n) is 4.73. The number of ether oxygens (including phenoxy) is 1. The molecule has 2 fully saturated rings. The van der Waals surface area contributed by atoms with Gasteiger partial charge < -0.3 is 20.3 Å². The smallest absolute Gasteiger partial charge is 0.240 e. The van der Waals surface area contributed by atoms with Crippen molar-refractivity contribution < 1.29 is 14.3 Å². The lowest BCUT2D eigenvalue weighted by molar-refractivity contribution is -0.131. The first-order chi connectivity index (χ1) is 12.7. The molecule has 2 heterocycles. The Bertz CT molecular complexity index is 593. The Morgan fingerprint density at radius 2 is 2.15 bits per heavy atom. The van der Waals surface area contributed by atoms with E-state index in [2.05, 4.69) is 10.6 Å². The Kier molecular flexibility index (Phi) is 7.20. The summed E-state index contributed by atoms with van der Waals surface area (Å²) in [5, 5.41) is 6.29. The first-order valence-electron chi connectivity index (χ1n) is 9.27. The van der Waals surface area contributed by atoms with Crippen LogP contribution in [-0.4, -0.2) is 60.6 Å². The summed E-state index contributed by atoms with van der Waals surface area (Å²) >= 11 is 1.80. The van der Waals surface area contributed by atoms with E-state index in [1.165, 1.54) is 0 Å². The van der Waals surface area contributed by atoms with Crippen LogP contribution in [0.25, 0.3) is 0 Å². The number of nitrogens with zero attached hydrogens (tertiary/aromatic N) is 1. The van der Waals surface area contributed by atoms with E-state index in [1.54, 1.807) is 11.8 Å². The summed E-state index contributed by atoms with van der Waals surface area (Å²) in [6, 6.07) is 9.53. The zero-order valence-corrected chi connectivity index (χ0v) is 15.8. The first-order valence-corrected chi connectivity index (χ1v) is 10.4. The van der Waals surface area contributed by atoms with Crippen molar-refractivity contribution in [2.24, 2.45) is 5.92 Å². The molecule has 2 saturated heterocycles. The molecule has 142 valence electrons. The average molecular weight is 378 g/mol. The predicted molar refractivity (Wildman–Crippen MR) is 103 cm³/mol. The number of amides is 2. The molecule has 6 nitrogen and oxygen atoms in total. The van der Waals surface area contributed by atoms with Gasteiger partial charge in [-0.2, -0.15) is 0 Å². The number of rotatable bonds is 8. The van der Waals surface area contributed by atoms with Crippen molar-refractivity contribution in [3.63, 3.8) is 0 Å². The zero-order valence-electron chi connectivity index (χ0n) is 15.0. The number of thioether (sulfide) groups is 1. The second kappa shape index (κ2) is 9.83. The fraction of sp³-hybridized carbons (Fsp3) is 0.579. The van der Waals surface area contributed by atoms with Gasteiger partial charge in [0.25, 0.3) is 0 Å². The molecule has 3 rings (SSSR count). The highest BCUT2D eigenvalue weighted by Crippen LogP contribution is 2.20. The van der Waals surface area contributed by atoms with Crippen molar-refractivity contribution in [3.8, 4) is 5.75 Å². The second-order valence-electron chi connectivity index (χ2n) is 6.77. The Morgan fingerprint density at radius 1 is 1.31 bits per heavy atom. The van der Waals surface area contributed by atoms with Gasteiger partial charge in [-0.1, -0.05) is 18.2 Å². The van der Waals surface area contributed by atoms with Crippen LogP contribution in [-0.2, 0) is 9.59 Å². The molecule has 2 N–H and O–H groups in total. The van der Waals surface area contributed by atoms with E-state index >= 15 is 0 Å². The summed E-state index contributed by atoms with van der Waals surface area (Å²) in [5.41, 5.74) is 0. The van der Waals surface area contributed by atoms with Gasteiger partial charge in [-0.05, 0) is 30.9 Å². The quantitative estimate of drug-likeness (QED) is 0.672. The van der Waals surface area contributed by atoms with Gasteiger partial charge in [0, 0.05) is 31.8 Å². The van der Waals surface area contributed by atoms with Crippen molar-refractivity contribution >= 4 is 23.6 Å². The molecular formula is C19H27N3O3S. The molecule has 1 aromatic rings. The van der Waals surface area contributed by atoms with Crippen molar-refractivity contribution in [2.75, 3.05) is 37.9 Å². The molecule has 0 saturated carbocycles. The molecule has 0 spiro atoms. The molecule has 2 amide bonds. The van der Waals surface area contributed by atoms with Gasteiger partial charge in [0.2, 0.25) is 11.8 Å². The lowest BCUT2D eigenvalue weighted by atomic mass is 10.0. The maximum Gasteiger partial charge on any atom is 0.240 e. The number of benzene rings is 1.